The molecule has 17 heavy (non-hydrogen) atoms. The van der Waals surface area contributed by atoms with Crippen LogP contribution in [0.1, 0.15) is 25.3 Å². The molecule has 0 aliphatic carbocycles. The van der Waals surface area contributed by atoms with Crippen LogP contribution >= 0.6 is 0 Å². The highest BCUT2D eigenvalue weighted by Gasteiger charge is 2.16. The molecule has 1 aromatic rings. The molecule has 0 saturated carbocycles. The summed E-state index contributed by atoms with van der Waals surface area (Å²) in [6, 6.07) is 8.33. The minimum Gasteiger partial charge on any atom is -0.494 e. The fourth-order valence-electron chi connectivity index (χ4n) is 2.20. The Labute approximate surface area is 103 Å². The van der Waals surface area contributed by atoms with Gasteiger partial charge in [0.1, 0.15) is 24.9 Å². The van der Waals surface area contributed by atoms with E-state index in [2.05, 4.69) is 23.5 Å². The molecule has 0 unspecified atom stereocenters. The highest BCUT2D eigenvalue weighted by Crippen LogP contribution is 2.12. The average molecular weight is 236 g/mol. The van der Waals surface area contributed by atoms with Crippen LogP contribution in [-0.2, 0) is 11.3 Å². The second-order valence-corrected chi connectivity index (χ2v) is 4.44. The van der Waals surface area contributed by atoms with Gasteiger partial charge in [-0.25, -0.2) is 0 Å². The summed E-state index contributed by atoms with van der Waals surface area (Å²) in [5, 5.41) is 2.32. The molecule has 1 aromatic carbocycles. The lowest BCUT2D eigenvalue weighted by atomic mass is 10.2. The molecule has 1 aliphatic rings. The lowest BCUT2D eigenvalue weighted by Crippen LogP contribution is -2.84. The normalized spacial score (nSPS) is 19.5. The van der Waals surface area contributed by atoms with Crippen molar-refractivity contribution < 1.29 is 14.8 Å². The van der Waals surface area contributed by atoms with Gasteiger partial charge in [0, 0.05) is 12.2 Å². The number of quaternary nitrogens is 1. The van der Waals surface area contributed by atoms with E-state index >= 15 is 0 Å². The molecule has 0 spiro atoms. The Morgan fingerprint density at radius 3 is 3.18 bits per heavy atom. The van der Waals surface area contributed by atoms with Gasteiger partial charge in [0.2, 0.25) is 0 Å². The van der Waals surface area contributed by atoms with Gasteiger partial charge >= 0.3 is 0 Å². The summed E-state index contributed by atoms with van der Waals surface area (Å²) >= 11 is 0. The number of ether oxygens (including phenoxy) is 2. The topological polar surface area (TPSA) is 35.1 Å². The standard InChI is InChI=1S/C14H21NO2/c1-2-16-13-6-3-5-12(9-13)10-15-11-14-7-4-8-17-14/h3,5-6,9,14-15H,2,4,7-8,10-11H2,1H3/p+1/t14-/m1/s1. The van der Waals surface area contributed by atoms with E-state index in [-0.39, 0.29) is 0 Å². The van der Waals surface area contributed by atoms with Crippen molar-refractivity contribution >= 4 is 0 Å². The van der Waals surface area contributed by atoms with E-state index in [1.807, 2.05) is 13.0 Å². The Bertz CT molecular complexity index is 335. The number of benzene rings is 1. The summed E-state index contributed by atoms with van der Waals surface area (Å²) in [4.78, 5) is 0. The smallest absolute Gasteiger partial charge is 0.119 e. The Morgan fingerprint density at radius 2 is 2.41 bits per heavy atom. The van der Waals surface area contributed by atoms with Gasteiger partial charge in [0.15, 0.2) is 0 Å². The first-order valence-corrected chi connectivity index (χ1v) is 6.53. The van der Waals surface area contributed by atoms with E-state index in [4.69, 9.17) is 9.47 Å². The van der Waals surface area contributed by atoms with Crippen molar-refractivity contribution in [2.45, 2.75) is 32.4 Å². The molecule has 1 heterocycles. The van der Waals surface area contributed by atoms with E-state index in [9.17, 15) is 0 Å². The van der Waals surface area contributed by atoms with Crippen molar-refractivity contribution in [1.29, 1.82) is 0 Å². The summed E-state index contributed by atoms with van der Waals surface area (Å²) in [5.41, 5.74) is 1.31. The van der Waals surface area contributed by atoms with Crippen LogP contribution in [0, 0.1) is 0 Å². The summed E-state index contributed by atoms with van der Waals surface area (Å²) in [6.45, 7) is 5.75. The Hall–Kier alpha value is -1.06. The highest BCUT2D eigenvalue weighted by atomic mass is 16.5. The average Bonchev–Trinajstić information content (AvgIpc) is 2.83. The van der Waals surface area contributed by atoms with Gasteiger partial charge in [-0.3, -0.25) is 0 Å². The molecular weight excluding hydrogens is 214 g/mol. The number of nitrogens with two attached hydrogens (primary N) is 1. The molecular formula is C14H22NO2+. The Kier molecular flexibility index (Phi) is 4.83. The zero-order valence-electron chi connectivity index (χ0n) is 10.5. The van der Waals surface area contributed by atoms with E-state index in [1.54, 1.807) is 0 Å². The second-order valence-electron chi connectivity index (χ2n) is 4.44. The molecule has 1 aliphatic heterocycles. The third-order valence-corrected chi connectivity index (χ3v) is 3.04. The van der Waals surface area contributed by atoms with Crippen LogP contribution in [0.5, 0.6) is 5.75 Å². The predicted molar refractivity (Wildman–Crippen MR) is 67.1 cm³/mol. The van der Waals surface area contributed by atoms with Crippen molar-refractivity contribution in [3.8, 4) is 5.75 Å². The second kappa shape index (κ2) is 6.62. The van der Waals surface area contributed by atoms with Crippen molar-refractivity contribution in [2.24, 2.45) is 0 Å². The summed E-state index contributed by atoms with van der Waals surface area (Å²) in [5.74, 6) is 0.968. The molecule has 2 rings (SSSR count). The first kappa shape index (κ1) is 12.4. The quantitative estimate of drug-likeness (QED) is 0.808. The van der Waals surface area contributed by atoms with Crippen LogP contribution in [0.3, 0.4) is 0 Å². The summed E-state index contributed by atoms with van der Waals surface area (Å²) < 4.78 is 11.1. The van der Waals surface area contributed by atoms with Gasteiger partial charge in [-0.1, -0.05) is 12.1 Å². The molecule has 3 heteroatoms. The lowest BCUT2D eigenvalue weighted by Gasteiger charge is -2.09. The van der Waals surface area contributed by atoms with Crippen LogP contribution < -0.4 is 10.1 Å². The van der Waals surface area contributed by atoms with Crippen molar-refractivity contribution in [1.82, 2.24) is 0 Å². The zero-order chi connectivity index (χ0) is 11.9. The van der Waals surface area contributed by atoms with Gasteiger partial charge in [-0.05, 0) is 31.9 Å². The highest BCUT2D eigenvalue weighted by molar-refractivity contribution is 5.27. The van der Waals surface area contributed by atoms with Crippen LogP contribution in [0.2, 0.25) is 0 Å². The van der Waals surface area contributed by atoms with Gasteiger partial charge in [-0.15, -0.1) is 0 Å². The van der Waals surface area contributed by atoms with E-state index in [0.29, 0.717) is 6.10 Å². The van der Waals surface area contributed by atoms with E-state index in [1.165, 1.54) is 18.4 Å². The molecule has 0 amide bonds. The Balaban J connectivity index is 1.75. The van der Waals surface area contributed by atoms with Crippen molar-refractivity contribution in [2.75, 3.05) is 19.8 Å². The van der Waals surface area contributed by atoms with E-state index < -0.39 is 0 Å². The number of rotatable bonds is 6. The third-order valence-electron chi connectivity index (χ3n) is 3.04. The monoisotopic (exact) mass is 236 g/mol. The molecule has 1 atom stereocenters. The Morgan fingerprint density at radius 1 is 1.47 bits per heavy atom. The molecule has 0 radical (unpaired) electrons. The zero-order valence-corrected chi connectivity index (χ0v) is 10.5. The molecule has 2 N–H and O–H groups in total. The summed E-state index contributed by atoms with van der Waals surface area (Å²) in [6.07, 6.45) is 2.90. The minimum absolute atomic E-state index is 0.463. The lowest BCUT2D eigenvalue weighted by molar-refractivity contribution is -0.676. The SMILES string of the molecule is CCOc1cccc(C[NH2+]C[C@H]2CCCO2)c1. The first-order valence-electron chi connectivity index (χ1n) is 6.53. The maximum Gasteiger partial charge on any atom is 0.119 e. The number of hydrogen-bond acceptors (Lipinski definition) is 2. The van der Waals surface area contributed by atoms with Crippen LogP contribution in [0.15, 0.2) is 24.3 Å². The first-order chi connectivity index (χ1) is 8.38. The van der Waals surface area contributed by atoms with Crippen LogP contribution in [0.4, 0.5) is 0 Å². The maximum atomic E-state index is 5.60. The summed E-state index contributed by atoms with van der Waals surface area (Å²) in [7, 11) is 0. The fraction of sp³-hybridized carbons (Fsp3) is 0.571. The molecule has 1 saturated heterocycles. The largest absolute Gasteiger partial charge is 0.494 e. The van der Waals surface area contributed by atoms with Crippen molar-refractivity contribution in [3.05, 3.63) is 29.8 Å². The third kappa shape index (κ3) is 4.02. The maximum absolute atomic E-state index is 5.60. The minimum atomic E-state index is 0.463. The number of hydrogen-bond donors (Lipinski definition) is 1. The van der Waals surface area contributed by atoms with Crippen LogP contribution in [-0.4, -0.2) is 25.9 Å². The van der Waals surface area contributed by atoms with Gasteiger partial charge in [0.05, 0.1) is 6.61 Å². The van der Waals surface area contributed by atoms with Gasteiger partial charge < -0.3 is 14.8 Å². The molecule has 0 aromatic heterocycles. The van der Waals surface area contributed by atoms with Gasteiger partial charge in [-0.2, -0.15) is 0 Å². The van der Waals surface area contributed by atoms with Crippen molar-refractivity contribution in [3.63, 3.8) is 0 Å². The fourth-order valence-corrected chi connectivity index (χ4v) is 2.20. The predicted octanol–water partition coefficient (Wildman–Crippen LogP) is 1.33. The van der Waals surface area contributed by atoms with Gasteiger partial charge in [0.25, 0.3) is 0 Å². The molecule has 3 nitrogen and oxygen atoms in total. The molecule has 0 bridgehead atoms. The molecule has 1 fully saturated rings. The molecule has 94 valence electrons. The van der Waals surface area contributed by atoms with Crippen LogP contribution in [0.25, 0.3) is 0 Å². The van der Waals surface area contributed by atoms with E-state index in [0.717, 1.165) is 32.1 Å².